The van der Waals surface area contributed by atoms with Crippen molar-refractivity contribution in [1.29, 1.82) is 0 Å². The van der Waals surface area contributed by atoms with Gasteiger partial charge >= 0.3 is 0 Å². The number of amides is 1. The van der Waals surface area contributed by atoms with E-state index in [1.807, 2.05) is 6.92 Å². The second kappa shape index (κ2) is 5.47. The molecule has 0 aliphatic carbocycles. The van der Waals surface area contributed by atoms with Gasteiger partial charge in [0, 0.05) is 12.5 Å². The van der Waals surface area contributed by atoms with Crippen molar-refractivity contribution in [2.75, 3.05) is 19.6 Å². The van der Waals surface area contributed by atoms with Crippen LogP contribution in [0.15, 0.2) is 0 Å². The Labute approximate surface area is 91.4 Å². The molecule has 1 unspecified atom stereocenters. The summed E-state index contributed by atoms with van der Waals surface area (Å²) < 4.78 is 0. The molecule has 0 aromatic rings. The minimum absolute atomic E-state index is 0.0882. The maximum Gasteiger partial charge on any atom is 0.223 e. The second-order valence-corrected chi connectivity index (χ2v) is 4.59. The highest BCUT2D eigenvalue weighted by Gasteiger charge is 2.23. The fourth-order valence-electron chi connectivity index (χ4n) is 1.63. The number of hydrogen-bond acceptors (Lipinski definition) is 3. The standard InChI is InChI=1S/C11H22N2O2/c1-3-11(2,15)8-13-10(14)9-4-6-12-7-5-9/h9,12,15H,3-8H2,1-2H3,(H,13,14). The van der Waals surface area contributed by atoms with E-state index in [-0.39, 0.29) is 11.8 Å². The summed E-state index contributed by atoms with van der Waals surface area (Å²) in [6, 6.07) is 0. The number of rotatable bonds is 4. The van der Waals surface area contributed by atoms with E-state index in [1.54, 1.807) is 6.92 Å². The van der Waals surface area contributed by atoms with E-state index in [0.717, 1.165) is 25.9 Å². The first-order chi connectivity index (χ1) is 7.05. The topological polar surface area (TPSA) is 61.4 Å². The summed E-state index contributed by atoms with van der Waals surface area (Å²) in [6.45, 7) is 5.85. The molecule has 0 spiro atoms. The molecule has 1 heterocycles. The summed E-state index contributed by atoms with van der Waals surface area (Å²) in [4.78, 5) is 11.7. The van der Waals surface area contributed by atoms with E-state index < -0.39 is 5.60 Å². The van der Waals surface area contributed by atoms with Crippen LogP contribution in [0.2, 0.25) is 0 Å². The van der Waals surface area contributed by atoms with Crippen molar-refractivity contribution in [3.63, 3.8) is 0 Å². The van der Waals surface area contributed by atoms with Crippen LogP contribution in [-0.2, 0) is 4.79 Å². The third-order valence-electron chi connectivity index (χ3n) is 3.12. The molecule has 0 aromatic carbocycles. The summed E-state index contributed by atoms with van der Waals surface area (Å²) in [5.41, 5.74) is -0.775. The molecule has 0 saturated carbocycles. The smallest absolute Gasteiger partial charge is 0.223 e. The molecule has 1 saturated heterocycles. The first-order valence-corrected chi connectivity index (χ1v) is 5.76. The summed E-state index contributed by atoms with van der Waals surface area (Å²) >= 11 is 0. The van der Waals surface area contributed by atoms with Crippen LogP contribution in [0.3, 0.4) is 0 Å². The zero-order valence-corrected chi connectivity index (χ0v) is 9.68. The van der Waals surface area contributed by atoms with Gasteiger partial charge in [0.2, 0.25) is 5.91 Å². The molecule has 1 amide bonds. The monoisotopic (exact) mass is 214 g/mol. The number of aliphatic hydroxyl groups is 1. The Kier molecular flexibility index (Phi) is 4.54. The lowest BCUT2D eigenvalue weighted by Crippen LogP contribution is -2.44. The van der Waals surface area contributed by atoms with Crippen molar-refractivity contribution in [2.24, 2.45) is 5.92 Å². The SMILES string of the molecule is CCC(C)(O)CNC(=O)C1CCNCC1. The predicted octanol–water partition coefficient (Wildman–Crippen LogP) is 0.263. The fraction of sp³-hybridized carbons (Fsp3) is 0.909. The third-order valence-corrected chi connectivity index (χ3v) is 3.12. The Bertz CT molecular complexity index is 211. The summed E-state index contributed by atoms with van der Waals surface area (Å²) in [5.74, 6) is 0.212. The van der Waals surface area contributed by atoms with Gasteiger partial charge in [-0.15, -0.1) is 0 Å². The van der Waals surface area contributed by atoms with Crippen molar-refractivity contribution in [1.82, 2.24) is 10.6 Å². The van der Waals surface area contributed by atoms with Crippen molar-refractivity contribution < 1.29 is 9.90 Å². The van der Waals surface area contributed by atoms with Crippen molar-refractivity contribution in [2.45, 2.75) is 38.7 Å². The van der Waals surface area contributed by atoms with Crippen LogP contribution in [0, 0.1) is 5.92 Å². The van der Waals surface area contributed by atoms with Crippen LogP contribution in [0.1, 0.15) is 33.1 Å². The fourth-order valence-corrected chi connectivity index (χ4v) is 1.63. The first-order valence-electron chi connectivity index (χ1n) is 5.76. The van der Waals surface area contributed by atoms with Gasteiger partial charge in [0.1, 0.15) is 0 Å². The van der Waals surface area contributed by atoms with E-state index in [2.05, 4.69) is 10.6 Å². The summed E-state index contributed by atoms with van der Waals surface area (Å²) in [6.07, 6.45) is 2.46. The molecule has 4 nitrogen and oxygen atoms in total. The van der Waals surface area contributed by atoms with Crippen molar-refractivity contribution in [3.05, 3.63) is 0 Å². The molecule has 1 aliphatic rings. The van der Waals surface area contributed by atoms with Gasteiger partial charge in [-0.1, -0.05) is 6.92 Å². The van der Waals surface area contributed by atoms with Crippen LogP contribution in [0.4, 0.5) is 0 Å². The molecule has 1 aliphatic heterocycles. The molecule has 0 bridgehead atoms. The molecule has 0 aromatic heterocycles. The Morgan fingerprint density at radius 1 is 1.53 bits per heavy atom. The van der Waals surface area contributed by atoms with Crippen LogP contribution in [-0.4, -0.2) is 36.2 Å². The lowest BCUT2D eigenvalue weighted by Gasteiger charge is -2.25. The highest BCUT2D eigenvalue weighted by Crippen LogP contribution is 2.12. The molecule has 0 radical (unpaired) electrons. The second-order valence-electron chi connectivity index (χ2n) is 4.59. The van der Waals surface area contributed by atoms with Gasteiger partial charge in [-0.3, -0.25) is 4.79 Å². The van der Waals surface area contributed by atoms with Gasteiger partial charge < -0.3 is 15.7 Å². The van der Waals surface area contributed by atoms with Crippen LogP contribution in [0.25, 0.3) is 0 Å². The van der Waals surface area contributed by atoms with E-state index in [0.29, 0.717) is 13.0 Å². The maximum atomic E-state index is 11.7. The van der Waals surface area contributed by atoms with E-state index in [4.69, 9.17) is 0 Å². The predicted molar refractivity (Wildman–Crippen MR) is 59.5 cm³/mol. The third kappa shape index (κ3) is 4.18. The lowest BCUT2D eigenvalue weighted by molar-refractivity contribution is -0.126. The first kappa shape index (κ1) is 12.5. The summed E-state index contributed by atoms with van der Waals surface area (Å²) in [7, 11) is 0. The van der Waals surface area contributed by atoms with Crippen LogP contribution < -0.4 is 10.6 Å². The molecule has 88 valence electrons. The Hall–Kier alpha value is -0.610. The quantitative estimate of drug-likeness (QED) is 0.629. The van der Waals surface area contributed by atoms with Gasteiger partial charge in [-0.05, 0) is 39.3 Å². The van der Waals surface area contributed by atoms with Crippen LogP contribution in [0.5, 0.6) is 0 Å². The van der Waals surface area contributed by atoms with E-state index in [1.165, 1.54) is 0 Å². The number of nitrogens with one attached hydrogen (secondary N) is 2. The van der Waals surface area contributed by atoms with E-state index in [9.17, 15) is 9.90 Å². The van der Waals surface area contributed by atoms with Crippen LogP contribution >= 0.6 is 0 Å². The maximum absolute atomic E-state index is 11.7. The zero-order chi connectivity index (χ0) is 11.3. The van der Waals surface area contributed by atoms with Gasteiger partial charge in [-0.25, -0.2) is 0 Å². The number of carbonyl (C=O) groups is 1. The normalized spacial score (nSPS) is 22.1. The minimum Gasteiger partial charge on any atom is -0.388 e. The van der Waals surface area contributed by atoms with Crippen molar-refractivity contribution in [3.8, 4) is 0 Å². The Balaban J connectivity index is 2.28. The summed E-state index contributed by atoms with van der Waals surface area (Å²) in [5, 5.41) is 15.8. The molecular formula is C11H22N2O2. The zero-order valence-electron chi connectivity index (χ0n) is 9.68. The number of piperidine rings is 1. The van der Waals surface area contributed by atoms with Gasteiger partial charge in [0.15, 0.2) is 0 Å². The Morgan fingerprint density at radius 3 is 2.67 bits per heavy atom. The average Bonchev–Trinajstić information content (AvgIpc) is 2.27. The largest absolute Gasteiger partial charge is 0.388 e. The minimum atomic E-state index is -0.775. The average molecular weight is 214 g/mol. The highest BCUT2D eigenvalue weighted by atomic mass is 16.3. The molecule has 1 rings (SSSR count). The van der Waals surface area contributed by atoms with Gasteiger partial charge in [0.25, 0.3) is 0 Å². The molecule has 1 fully saturated rings. The number of hydrogen-bond donors (Lipinski definition) is 3. The molecular weight excluding hydrogens is 192 g/mol. The molecule has 15 heavy (non-hydrogen) atoms. The molecule has 3 N–H and O–H groups in total. The molecule has 4 heteroatoms. The Morgan fingerprint density at radius 2 is 2.13 bits per heavy atom. The van der Waals surface area contributed by atoms with Gasteiger partial charge in [0.05, 0.1) is 5.60 Å². The lowest BCUT2D eigenvalue weighted by atomic mass is 9.96. The highest BCUT2D eigenvalue weighted by molar-refractivity contribution is 5.78. The van der Waals surface area contributed by atoms with E-state index >= 15 is 0 Å². The van der Waals surface area contributed by atoms with Crippen molar-refractivity contribution >= 4 is 5.91 Å². The molecule has 1 atom stereocenters. The number of carbonyl (C=O) groups excluding carboxylic acids is 1. The van der Waals surface area contributed by atoms with Gasteiger partial charge in [-0.2, -0.15) is 0 Å².